The topological polar surface area (TPSA) is 61.8 Å². The highest BCUT2D eigenvalue weighted by Gasteiger charge is 2.37. The Kier molecular flexibility index (Phi) is 5.98. The maximum atomic E-state index is 13.6. The van der Waals surface area contributed by atoms with E-state index in [0.29, 0.717) is 24.6 Å². The molecule has 1 amide bonds. The number of rotatable bonds is 6. The average molecular weight is 354 g/mol. The van der Waals surface area contributed by atoms with Crippen molar-refractivity contribution in [1.29, 1.82) is 0 Å². The molecule has 25 heavy (non-hydrogen) atoms. The van der Waals surface area contributed by atoms with Crippen LogP contribution in [0.4, 0.5) is 8.78 Å². The van der Waals surface area contributed by atoms with Gasteiger partial charge in [-0.15, -0.1) is 0 Å². The first kappa shape index (κ1) is 18.2. The lowest BCUT2D eigenvalue weighted by Crippen LogP contribution is -2.46. The second-order valence-electron chi connectivity index (χ2n) is 6.81. The number of ether oxygens (including phenoxy) is 1. The number of hydrogen-bond acceptors (Lipinski definition) is 4. The Balaban J connectivity index is 1.44. The fourth-order valence-electron chi connectivity index (χ4n) is 3.64. The van der Waals surface area contributed by atoms with Crippen LogP contribution in [0, 0.1) is 11.6 Å². The molecular formula is C18H24F2N2O3. The molecule has 138 valence electrons. The Bertz CT molecular complexity index is 614. The molecule has 1 aromatic rings. The molecule has 3 atom stereocenters. The van der Waals surface area contributed by atoms with Crippen molar-refractivity contribution in [3.05, 3.63) is 35.4 Å². The third-order valence-electron chi connectivity index (χ3n) is 4.94. The summed E-state index contributed by atoms with van der Waals surface area (Å²) < 4.78 is 32.2. The van der Waals surface area contributed by atoms with Crippen molar-refractivity contribution < 1.29 is 23.4 Å². The van der Waals surface area contributed by atoms with Gasteiger partial charge in [0.25, 0.3) is 0 Å². The van der Waals surface area contributed by atoms with Crippen LogP contribution in [0.5, 0.6) is 0 Å². The number of fused-ring (bicyclic) bond motifs is 1. The van der Waals surface area contributed by atoms with Crippen molar-refractivity contribution in [3.8, 4) is 0 Å². The van der Waals surface area contributed by atoms with Crippen molar-refractivity contribution in [1.82, 2.24) is 10.2 Å². The molecule has 7 heteroatoms. The molecule has 1 aromatic carbocycles. The van der Waals surface area contributed by atoms with E-state index in [-0.39, 0.29) is 37.5 Å². The first-order chi connectivity index (χ1) is 12.0. The zero-order chi connectivity index (χ0) is 17.8. The summed E-state index contributed by atoms with van der Waals surface area (Å²) in [5.74, 6) is -1.35. The summed E-state index contributed by atoms with van der Waals surface area (Å²) in [6.07, 6.45) is 1.94. The highest BCUT2D eigenvalue weighted by molar-refractivity contribution is 5.76. The summed E-state index contributed by atoms with van der Waals surface area (Å²) in [7, 11) is 0. The lowest BCUT2D eigenvalue weighted by molar-refractivity contribution is -0.121. The molecule has 0 saturated carbocycles. The van der Waals surface area contributed by atoms with Gasteiger partial charge in [-0.25, -0.2) is 8.78 Å². The van der Waals surface area contributed by atoms with E-state index in [2.05, 4.69) is 10.2 Å². The summed E-state index contributed by atoms with van der Waals surface area (Å²) in [5, 5.41) is 12.0. The SMILES string of the molecule is O=C(CCc1ccc(F)cc1F)N[C@H]1C[C@H]2CO[C@@H](CCO)CN2C1. The van der Waals surface area contributed by atoms with Crippen LogP contribution in [-0.4, -0.2) is 60.4 Å². The normalized spacial score (nSPS) is 26.4. The number of carbonyl (C=O) groups is 1. The Morgan fingerprint density at radius 1 is 1.36 bits per heavy atom. The zero-order valence-corrected chi connectivity index (χ0v) is 14.1. The smallest absolute Gasteiger partial charge is 0.220 e. The number of morpholine rings is 1. The Hall–Kier alpha value is -1.57. The monoisotopic (exact) mass is 354 g/mol. The molecule has 2 N–H and O–H groups in total. The number of halogens is 2. The number of aryl methyl sites for hydroxylation is 1. The molecule has 2 aliphatic rings. The lowest BCUT2D eigenvalue weighted by atomic mass is 10.1. The fraction of sp³-hybridized carbons (Fsp3) is 0.611. The second-order valence-corrected chi connectivity index (χ2v) is 6.81. The summed E-state index contributed by atoms with van der Waals surface area (Å²) in [5.41, 5.74) is 0.348. The van der Waals surface area contributed by atoms with Gasteiger partial charge in [-0.2, -0.15) is 0 Å². The molecule has 0 unspecified atom stereocenters. The molecule has 2 aliphatic heterocycles. The van der Waals surface area contributed by atoms with Crippen LogP contribution in [0.25, 0.3) is 0 Å². The minimum Gasteiger partial charge on any atom is -0.396 e. The van der Waals surface area contributed by atoms with E-state index < -0.39 is 11.6 Å². The van der Waals surface area contributed by atoms with E-state index in [4.69, 9.17) is 9.84 Å². The molecule has 3 rings (SSSR count). The third kappa shape index (κ3) is 4.74. The van der Waals surface area contributed by atoms with E-state index in [1.54, 1.807) is 0 Å². The minimum absolute atomic E-state index is 0.0529. The van der Waals surface area contributed by atoms with Crippen LogP contribution in [0.2, 0.25) is 0 Å². The number of nitrogens with zero attached hydrogens (tertiary/aromatic N) is 1. The molecule has 0 aliphatic carbocycles. The van der Waals surface area contributed by atoms with Crippen molar-refractivity contribution in [2.24, 2.45) is 0 Å². The first-order valence-electron chi connectivity index (χ1n) is 8.75. The summed E-state index contributed by atoms with van der Waals surface area (Å²) in [6, 6.07) is 3.78. The minimum atomic E-state index is -0.616. The van der Waals surface area contributed by atoms with Gasteiger partial charge in [0.15, 0.2) is 0 Å². The zero-order valence-electron chi connectivity index (χ0n) is 14.1. The molecule has 2 saturated heterocycles. The quantitative estimate of drug-likeness (QED) is 0.807. The molecule has 2 heterocycles. The van der Waals surface area contributed by atoms with Crippen molar-refractivity contribution in [3.63, 3.8) is 0 Å². The van der Waals surface area contributed by atoms with Crippen LogP contribution in [0.1, 0.15) is 24.8 Å². The van der Waals surface area contributed by atoms with E-state index in [9.17, 15) is 13.6 Å². The van der Waals surface area contributed by atoms with Gasteiger partial charge >= 0.3 is 0 Å². The van der Waals surface area contributed by atoms with Crippen molar-refractivity contribution >= 4 is 5.91 Å². The van der Waals surface area contributed by atoms with Gasteiger partial charge in [0.2, 0.25) is 5.91 Å². The lowest BCUT2D eigenvalue weighted by Gasteiger charge is -2.34. The molecule has 0 bridgehead atoms. The summed E-state index contributed by atoms with van der Waals surface area (Å²) in [4.78, 5) is 14.4. The second kappa shape index (κ2) is 8.21. The van der Waals surface area contributed by atoms with Crippen LogP contribution >= 0.6 is 0 Å². The predicted molar refractivity (Wildman–Crippen MR) is 88.0 cm³/mol. The van der Waals surface area contributed by atoms with Gasteiger partial charge in [-0.05, 0) is 30.9 Å². The Morgan fingerprint density at radius 3 is 2.96 bits per heavy atom. The molecule has 2 fully saturated rings. The van der Waals surface area contributed by atoms with Crippen molar-refractivity contribution in [2.75, 3.05) is 26.3 Å². The number of nitrogens with one attached hydrogen (secondary N) is 1. The van der Waals surface area contributed by atoms with Gasteiger partial charge < -0.3 is 15.2 Å². The molecule has 5 nitrogen and oxygen atoms in total. The average Bonchev–Trinajstić information content (AvgIpc) is 2.95. The van der Waals surface area contributed by atoms with E-state index in [1.807, 2.05) is 0 Å². The van der Waals surface area contributed by atoms with E-state index >= 15 is 0 Å². The molecule has 0 aromatic heterocycles. The van der Waals surface area contributed by atoms with Gasteiger partial charge in [0, 0.05) is 44.3 Å². The first-order valence-corrected chi connectivity index (χ1v) is 8.75. The number of aliphatic hydroxyl groups excluding tert-OH is 1. The summed E-state index contributed by atoms with van der Waals surface area (Å²) >= 11 is 0. The van der Waals surface area contributed by atoms with Gasteiger partial charge in [0.05, 0.1) is 12.7 Å². The number of benzene rings is 1. The van der Waals surface area contributed by atoms with E-state index in [0.717, 1.165) is 25.6 Å². The van der Waals surface area contributed by atoms with Crippen LogP contribution < -0.4 is 5.32 Å². The fourth-order valence-corrected chi connectivity index (χ4v) is 3.64. The highest BCUT2D eigenvalue weighted by atomic mass is 19.1. The van der Waals surface area contributed by atoms with Crippen LogP contribution in [-0.2, 0) is 16.0 Å². The largest absolute Gasteiger partial charge is 0.396 e. The number of carbonyl (C=O) groups excluding carboxylic acids is 1. The van der Waals surface area contributed by atoms with Gasteiger partial charge in [0.1, 0.15) is 11.6 Å². The molecule has 0 spiro atoms. The predicted octanol–water partition coefficient (Wildman–Crippen LogP) is 1.24. The highest BCUT2D eigenvalue weighted by Crippen LogP contribution is 2.24. The van der Waals surface area contributed by atoms with Crippen LogP contribution in [0.15, 0.2) is 18.2 Å². The Morgan fingerprint density at radius 2 is 2.20 bits per heavy atom. The maximum Gasteiger partial charge on any atom is 0.220 e. The molecular weight excluding hydrogens is 330 g/mol. The van der Waals surface area contributed by atoms with Crippen molar-refractivity contribution in [2.45, 2.75) is 43.9 Å². The van der Waals surface area contributed by atoms with Crippen LogP contribution in [0.3, 0.4) is 0 Å². The Labute approximate surface area is 146 Å². The number of hydrogen-bond donors (Lipinski definition) is 2. The number of amides is 1. The maximum absolute atomic E-state index is 13.6. The number of aliphatic hydroxyl groups is 1. The van der Waals surface area contributed by atoms with E-state index in [1.165, 1.54) is 12.1 Å². The van der Waals surface area contributed by atoms with Gasteiger partial charge in [-0.1, -0.05) is 6.07 Å². The summed E-state index contributed by atoms with van der Waals surface area (Å²) in [6.45, 7) is 2.28. The molecule has 0 radical (unpaired) electrons. The third-order valence-corrected chi connectivity index (χ3v) is 4.94. The van der Waals surface area contributed by atoms with Gasteiger partial charge in [-0.3, -0.25) is 9.69 Å². The standard InChI is InChI=1S/C18H24F2N2O3/c19-13-3-1-12(17(20)7-13)2-4-18(24)21-14-8-15-11-25-16(5-6-23)10-22(15)9-14/h1,3,7,14-16,23H,2,4-6,8-11H2,(H,21,24)/t14-,15-,16-/m0/s1.